The highest BCUT2D eigenvalue weighted by molar-refractivity contribution is 4.83. The van der Waals surface area contributed by atoms with Gasteiger partial charge in [0.25, 0.3) is 0 Å². The maximum absolute atomic E-state index is 9.66. The van der Waals surface area contributed by atoms with E-state index in [0.717, 1.165) is 13.1 Å². The molecule has 0 amide bonds. The highest BCUT2D eigenvalue weighted by Crippen LogP contribution is 2.14. The number of aliphatic hydroxyl groups is 1. The fourth-order valence-corrected chi connectivity index (χ4v) is 2.01. The SMILES string of the molecule is CN1CCC(N(C)CC(C)(C)O)C1. The predicted molar refractivity (Wildman–Crippen MR) is 54.8 cm³/mol. The Morgan fingerprint density at radius 3 is 2.54 bits per heavy atom. The van der Waals surface area contributed by atoms with Crippen molar-refractivity contribution in [2.24, 2.45) is 0 Å². The summed E-state index contributed by atoms with van der Waals surface area (Å²) in [4.78, 5) is 4.61. The summed E-state index contributed by atoms with van der Waals surface area (Å²) >= 11 is 0. The Morgan fingerprint density at radius 1 is 1.54 bits per heavy atom. The Labute approximate surface area is 81.3 Å². The van der Waals surface area contributed by atoms with Gasteiger partial charge in [0, 0.05) is 19.1 Å². The minimum Gasteiger partial charge on any atom is -0.389 e. The minimum atomic E-state index is -0.574. The Bertz CT molecular complexity index is 165. The van der Waals surface area contributed by atoms with Crippen molar-refractivity contribution in [1.29, 1.82) is 0 Å². The van der Waals surface area contributed by atoms with Crippen molar-refractivity contribution in [2.45, 2.75) is 31.9 Å². The molecule has 1 N–H and O–H groups in total. The van der Waals surface area contributed by atoms with Gasteiger partial charge in [0.15, 0.2) is 0 Å². The smallest absolute Gasteiger partial charge is 0.0718 e. The van der Waals surface area contributed by atoms with E-state index in [0.29, 0.717) is 6.04 Å². The summed E-state index contributed by atoms with van der Waals surface area (Å²) < 4.78 is 0. The van der Waals surface area contributed by atoms with Gasteiger partial charge in [0.2, 0.25) is 0 Å². The molecule has 1 fully saturated rings. The second-order valence-electron chi connectivity index (χ2n) is 4.93. The number of hydrogen-bond acceptors (Lipinski definition) is 3. The lowest BCUT2D eigenvalue weighted by atomic mass is 10.1. The third-order valence-electron chi connectivity index (χ3n) is 2.63. The zero-order valence-corrected chi connectivity index (χ0v) is 9.25. The van der Waals surface area contributed by atoms with Crippen molar-refractivity contribution in [3.63, 3.8) is 0 Å². The van der Waals surface area contributed by atoms with E-state index in [1.54, 1.807) is 0 Å². The predicted octanol–water partition coefficient (Wildman–Crippen LogP) is 0.393. The molecule has 3 heteroatoms. The molecule has 1 unspecified atom stereocenters. The molecule has 13 heavy (non-hydrogen) atoms. The second-order valence-corrected chi connectivity index (χ2v) is 4.93. The van der Waals surface area contributed by atoms with Crippen molar-refractivity contribution in [3.8, 4) is 0 Å². The van der Waals surface area contributed by atoms with Crippen LogP contribution in [0.15, 0.2) is 0 Å². The molecule has 0 bridgehead atoms. The van der Waals surface area contributed by atoms with Crippen molar-refractivity contribution >= 4 is 0 Å². The summed E-state index contributed by atoms with van der Waals surface area (Å²) in [7, 11) is 4.25. The Balaban J connectivity index is 2.36. The van der Waals surface area contributed by atoms with Gasteiger partial charge in [0.1, 0.15) is 0 Å². The molecular weight excluding hydrogens is 164 g/mol. The van der Waals surface area contributed by atoms with Gasteiger partial charge in [-0.25, -0.2) is 0 Å². The van der Waals surface area contributed by atoms with E-state index in [9.17, 15) is 5.11 Å². The lowest BCUT2D eigenvalue weighted by Crippen LogP contribution is -2.43. The molecule has 0 saturated carbocycles. The first-order chi connectivity index (χ1) is 5.88. The normalized spacial score (nSPS) is 25.8. The van der Waals surface area contributed by atoms with E-state index >= 15 is 0 Å². The summed E-state index contributed by atoms with van der Waals surface area (Å²) in [6, 6.07) is 0.622. The van der Waals surface area contributed by atoms with Crippen LogP contribution in [0.5, 0.6) is 0 Å². The highest BCUT2D eigenvalue weighted by atomic mass is 16.3. The van der Waals surface area contributed by atoms with Gasteiger partial charge in [-0.3, -0.25) is 4.90 Å². The molecule has 1 atom stereocenters. The first-order valence-corrected chi connectivity index (χ1v) is 4.99. The monoisotopic (exact) mass is 186 g/mol. The van der Waals surface area contributed by atoms with Gasteiger partial charge >= 0.3 is 0 Å². The molecule has 0 aromatic carbocycles. The number of rotatable bonds is 3. The summed E-state index contributed by atoms with van der Waals surface area (Å²) in [5.74, 6) is 0. The number of nitrogens with zero attached hydrogens (tertiary/aromatic N) is 2. The average molecular weight is 186 g/mol. The first kappa shape index (κ1) is 11.0. The Hall–Kier alpha value is -0.120. The maximum atomic E-state index is 9.66. The van der Waals surface area contributed by atoms with Crippen molar-refractivity contribution in [2.75, 3.05) is 33.7 Å². The molecule has 1 aliphatic heterocycles. The minimum absolute atomic E-state index is 0.574. The van der Waals surface area contributed by atoms with E-state index in [4.69, 9.17) is 0 Å². The fraction of sp³-hybridized carbons (Fsp3) is 1.00. The van der Waals surface area contributed by atoms with E-state index in [1.807, 2.05) is 13.8 Å². The summed E-state index contributed by atoms with van der Waals surface area (Å²) in [6.07, 6.45) is 1.23. The topological polar surface area (TPSA) is 26.7 Å². The molecular formula is C10H22N2O. The van der Waals surface area contributed by atoms with Crippen LogP contribution in [0.1, 0.15) is 20.3 Å². The molecule has 1 aliphatic rings. The lowest BCUT2D eigenvalue weighted by Gasteiger charge is -2.30. The third-order valence-corrected chi connectivity index (χ3v) is 2.63. The largest absolute Gasteiger partial charge is 0.389 e. The summed E-state index contributed by atoms with van der Waals surface area (Å²) in [6.45, 7) is 6.79. The highest BCUT2D eigenvalue weighted by Gasteiger charge is 2.26. The molecule has 0 radical (unpaired) electrons. The standard InChI is InChI=1S/C10H22N2O/c1-10(2,13)8-12(4)9-5-6-11(3)7-9/h9,13H,5-8H2,1-4H3. The van der Waals surface area contributed by atoms with Crippen LogP contribution in [0.25, 0.3) is 0 Å². The van der Waals surface area contributed by atoms with E-state index < -0.39 is 5.60 Å². The second kappa shape index (κ2) is 3.95. The van der Waals surface area contributed by atoms with Crippen molar-refractivity contribution in [3.05, 3.63) is 0 Å². The van der Waals surface area contributed by atoms with Crippen LogP contribution in [0.3, 0.4) is 0 Å². The van der Waals surface area contributed by atoms with Crippen molar-refractivity contribution in [1.82, 2.24) is 9.80 Å². The van der Waals surface area contributed by atoms with Crippen LogP contribution in [0.2, 0.25) is 0 Å². The van der Waals surface area contributed by atoms with E-state index in [1.165, 1.54) is 13.0 Å². The van der Waals surface area contributed by atoms with Crippen LogP contribution in [-0.4, -0.2) is 60.3 Å². The van der Waals surface area contributed by atoms with Crippen LogP contribution in [0, 0.1) is 0 Å². The maximum Gasteiger partial charge on any atom is 0.0718 e. The van der Waals surface area contributed by atoms with Crippen LogP contribution in [0.4, 0.5) is 0 Å². The van der Waals surface area contributed by atoms with Gasteiger partial charge < -0.3 is 10.0 Å². The van der Waals surface area contributed by atoms with Gasteiger partial charge in [-0.15, -0.1) is 0 Å². The number of hydrogen-bond donors (Lipinski definition) is 1. The Morgan fingerprint density at radius 2 is 2.15 bits per heavy atom. The van der Waals surface area contributed by atoms with Crippen LogP contribution < -0.4 is 0 Å². The van der Waals surface area contributed by atoms with Crippen LogP contribution >= 0.6 is 0 Å². The molecule has 1 saturated heterocycles. The quantitative estimate of drug-likeness (QED) is 0.691. The molecule has 1 heterocycles. The average Bonchev–Trinajstić information content (AvgIpc) is 2.31. The molecule has 1 rings (SSSR count). The zero-order chi connectivity index (χ0) is 10.1. The van der Waals surface area contributed by atoms with E-state index in [-0.39, 0.29) is 0 Å². The lowest BCUT2D eigenvalue weighted by molar-refractivity contribution is 0.0326. The van der Waals surface area contributed by atoms with Gasteiger partial charge in [0.05, 0.1) is 5.60 Å². The fourth-order valence-electron chi connectivity index (χ4n) is 2.01. The summed E-state index contributed by atoms with van der Waals surface area (Å²) in [5, 5.41) is 9.66. The number of likely N-dealkylation sites (N-methyl/N-ethyl adjacent to an activating group) is 2. The van der Waals surface area contributed by atoms with Crippen LogP contribution in [-0.2, 0) is 0 Å². The molecule has 0 aliphatic carbocycles. The van der Waals surface area contributed by atoms with E-state index in [2.05, 4.69) is 23.9 Å². The molecule has 0 aromatic rings. The Kier molecular flexibility index (Phi) is 3.33. The van der Waals surface area contributed by atoms with Gasteiger partial charge in [-0.05, 0) is 40.9 Å². The van der Waals surface area contributed by atoms with Crippen molar-refractivity contribution < 1.29 is 5.11 Å². The third kappa shape index (κ3) is 3.63. The molecule has 0 spiro atoms. The van der Waals surface area contributed by atoms with Gasteiger partial charge in [-0.1, -0.05) is 0 Å². The first-order valence-electron chi connectivity index (χ1n) is 4.99. The van der Waals surface area contributed by atoms with Gasteiger partial charge in [-0.2, -0.15) is 0 Å². The summed E-state index contributed by atoms with van der Waals surface area (Å²) in [5.41, 5.74) is -0.574. The molecule has 78 valence electrons. The molecule has 0 aromatic heterocycles. The number of likely N-dealkylation sites (tertiary alicyclic amines) is 1. The molecule has 3 nitrogen and oxygen atoms in total. The zero-order valence-electron chi connectivity index (χ0n) is 9.25.